The van der Waals surface area contributed by atoms with E-state index in [9.17, 15) is 8.42 Å². The van der Waals surface area contributed by atoms with Gasteiger partial charge < -0.3 is 4.74 Å². The summed E-state index contributed by atoms with van der Waals surface area (Å²) in [5.41, 5.74) is 0. The molecule has 0 aromatic heterocycles. The molecule has 0 spiro atoms. The highest BCUT2D eigenvalue weighted by molar-refractivity contribution is 7.91. The van der Waals surface area contributed by atoms with E-state index in [4.69, 9.17) is 38.0 Å². The topological polar surface area (TPSA) is 43.4 Å². The molecule has 0 bridgehead atoms. The molecule has 1 saturated heterocycles. The van der Waals surface area contributed by atoms with Crippen molar-refractivity contribution >= 4 is 49.1 Å². The minimum absolute atomic E-state index is 0.137. The van der Waals surface area contributed by atoms with Crippen LogP contribution in [-0.4, -0.2) is 38.6 Å². The number of halogens is 3. The third-order valence-corrected chi connectivity index (χ3v) is 6.51. The van der Waals surface area contributed by atoms with Crippen LogP contribution in [0.15, 0.2) is 0 Å². The Labute approximate surface area is 105 Å². The molecule has 1 rings (SSSR count). The van der Waals surface area contributed by atoms with Crippen LogP contribution in [0.3, 0.4) is 0 Å². The molecule has 1 aliphatic heterocycles. The van der Waals surface area contributed by atoms with Gasteiger partial charge in [0.05, 0.1) is 17.6 Å². The van der Waals surface area contributed by atoms with E-state index in [0.717, 1.165) is 0 Å². The maximum absolute atomic E-state index is 11.1. The first kappa shape index (κ1) is 14.1. The average molecular weight is 312 g/mol. The predicted molar refractivity (Wildman–Crippen MR) is 65.7 cm³/mol. The summed E-state index contributed by atoms with van der Waals surface area (Å²) in [6, 6.07) is -1.99. The summed E-state index contributed by atoms with van der Waals surface area (Å²) in [6.07, 6.45) is 1.11. The minimum Gasteiger partial charge on any atom is -0.377 e. The molecule has 15 heavy (non-hydrogen) atoms. The lowest BCUT2D eigenvalue weighted by atomic mass is 10.3. The Morgan fingerprint density at radius 2 is 2.00 bits per heavy atom. The van der Waals surface area contributed by atoms with E-state index >= 15 is 0 Å². The molecule has 1 aliphatic rings. The van der Waals surface area contributed by atoms with E-state index in [0.29, 0.717) is 25.5 Å². The molecular formula is C7H13Cl3O3SSi. The number of ether oxygens (including phenoxy) is 1. The van der Waals surface area contributed by atoms with Crippen LogP contribution in [0.5, 0.6) is 0 Å². The molecule has 0 aromatic rings. The number of hydrogen-bond acceptors (Lipinski definition) is 3. The van der Waals surface area contributed by atoms with Gasteiger partial charge in [-0.25, -0.2) is 8.42 Å². The van der Waals surface area contributed by atoms with Crippen molar-refractivity contribution in [1.82, 2.24) is 0 Å². The fourth-order valence-electron chi connectivity index (χ4n) is 1.41. The Morgan fingerprint density at radius 1 is 1.33 bits per heavy atom. The Hall–Kier alpha value is 0.997. The summed E-state index contributed by atoms with van der Waals surface area (Å²) in [4.78, 5) is 0. The van der Waals surface area contributed by atoms with Gasteiger partial charge in [0.2, 0.25) is 0 Å². The van der Waals surface area contributed by atoms with Crippen molar-refractivity contribution in [2.45, 2.75) is 25.0 Å². The first-order valence-electron chi connectivity index (χ1n) is 4.67. The minimum atomic E-state index is -2.86. The van der Waals surface area contributed by atoms with Crippen LogP contribution in [-0.2, 0) is 14.6 Å². The van der Waals surface area contributed by atoms with Crippen molar-refractivity contribution < 1.29 is 13.2 Å². The quantitative estimate of drug-likeness (QED) is 0.444. The fraction of sp³-hybridized carbons (Fsp3) is 1.00. The van der Waals surface area contributed by atoms with Gasteiger partial charge in [0.15, 0.2) is 9.84 Å². The predicted octanol–water partition coefficient (Wildman–Crippen LogP) is 2.24. The van der Waals surface area contributed by atoms with Crippen LogP contribution in [0.25, 0.3) is 0 Å². The molecule has 90 valence electrons. The van der Waals surface area contributed by atoms with Crippen LogP contribution in [0.2, 0.25) is 6.04 Å². The Balaban J connectivity index is 2.12. The van der Waals surface area contributed by atoms with Gasteiger partial charge in [-0.05, 0) is 18.9 Å². The number of sulfone groups is 1. The molecule has 0 radical (unpaired) electrons. The monoisotopic (exact) mass is 310 g/mol. The van der Waals surface area contributed by atoms with E-state index in [1.54, 1.807) is 0 Å². The molecular weight excluding hydrogens is 299 g/mol. The van der Waals surface area contributed by atoms with Crippen molar-refractivity contribution in [3.63, 3.8) is 0 Å². The second-order valence-electron chi connectivity index (χ2n) is 3.61. The molecule has 0 saturated carbocycles. The third kappa shape index (κ3) is 6.34. The Bertz CT molecular complexity index is 301. The molecule has 0 aliphatic carbocycles. The van der Waals surface area contributed by atoms with Crippen LogP contribution >= 0.6 is 33.2 Å². The molecule has 1 unspecified atom stereocenters. The molecule has 1 fully saturated rings. The summed E-state index contributed by atoms with van der Waals surface area (Å²) in [5.74, 6) is 0.370. The van der Waals surface area contributed by atoms with Gasteiger partial charge in [-0.1, -0.05) is 0 Å². The van der Waals surface area contributed by atoms with E-state index in [-0.39, 0.29) is 17.6 Å². The van der Waals surface area contributed by atoms with E-state index < -0.39 is 15.8 Å². The zero-order valence-corrected chi connectivity index (χ0v) is 12.2. The molecule has 0 N–H and O–H groups in total. The van der Waals surface area contributed by atoms with Crippen LogP contribution in [0, 0.1) is 0 Å². The van der Waals surface area contributed by atoms with Crippen LogP contribution in [0.1, 0.15) is 12.8 Å². The zero-order valence-electron chi connectivity index (χ0n) is 8.09. The lowest BCUT2D eigenvalue weighted by Crippen LogP contribution is -2.17. The van der Waals surface area contributed by atoms with Crippen molar-refractivity contribution in [2.75, 3.05) is 18.1 Å². The highest BCUT2D eigenvalue weighted by Gasteiger charge is 2.29. The summed E-state index contributed by atoms with van der Waals surface area (Å²) in [7, 11) is -2.86. The highest BCUT2D eigenvalue weighted by atomic mass is 35.8. The van der Waals surface area contributed by atoms with Gasteiger partial charge in [0, 0.05) is 6.61 Å². The van der Waals surface area contributed by atoms with Gasteiger partial charge >= 0.3 is 6.00 Å². The van der Waals surface area contributed by atoms with Crippen LogP contribution < -0.4 is 0 Å². The second kappa shape index (κ2) is 5.56. The van der Waals surface area contributed by atoms with E-state index in [1.807, 2.05) is 0 Å². The van der Waals surface area contributed by atoms with Crippen molar-refractivity contribution in [3.05, 3.63) is 0 Å². The summed E-state index contributed by atoms with van der Waals surface area (Å²) >= 11 is 17.1. The van der Waals surface area contributed by atoms with Gasteiger partial charge in [-0.15, -0.1) is 33.2 Å². The molecule has 1 atom stereocenters. The number of hydrogen-bond donors (Lipinski definition) is 0. The molecule has 0 amide bonds. The highest BCUT2D eigenvalue weighted by Crippen LogP contribution is 2.26. The van der Waals surface area contributed by atoms with Gasteiger partial charge in [0.1, 0.15) is 0 Å². The lowest BCUT2D eigenvalue weighted by Gasteiger charge is -2.11. The maximum Gasteiger partial charge on any atom is 0.341 e. The van der Waals surface area contributed by atoms with Crippen LogP contribution in [0.4, 0.5) is 0 Å². The van der Waals surface area contributed by atoms with Crippen molar-refractivity contribution in [1.29, 1.82) is 0 Å². The van der Waals surface area contributed by atoms with E-state index in [1.165, 1.54) is 0 Å². The second-order valence-corrected chi connectivity index (χ2v) is 15.1. The fourth-order valence-corrected chi connectivity index (χ4v) is 4.78. The van der Waals surface area contributed by atoms with Crippen molar-refractivity contribution in [2.24, 2.45) is 0 Å². The van der Waals surface area contributed by atoms with E-state index in [2.05, 4.69) is 0 Å². The lowest BCUT2D eigenvalue weighted by molar-refractivity contribution is 0.0715. The van der Waals surface area contributed by atoms with Gasteiger partial charge in [-0.3, -0.25) is 0 Å². The summed E-state index contributed by atoms with van der Waals surface area (Å²) in [6.45, 7) is 0.473. The summed E-state index contributed by atoms with van der Waals surface area (Å²) in [5, 5.41) is 0. The Morgan fingerprint density at radius 3 is 2.47 bits per heavy atom. The normalized spacial score (nSPS) is 25.7. The Kier molecular flexibility index (Phi) is 5.21. The van der Waals surface area contributed by atoms with Gasteiger partial charge in [-0.2, -0.15) is 0 Å². The summed E-state index contributed by atoms with van der Waals surface area (Å²) < 4.78 is 27.6. The molecule has 8 heteroatoms. The average Bonchev–Trinajstić information content (AvgIpc) is 2.38. The molecule has 1 heterocycles. The zero-order chi connectivity index (χ0) is 11.5. The van der Waals surface area contributed by atoms with Crippen molar-refractivity contribution in [3.8, 4) is 0 Å². The smallest absolute Gasteiger partial charge is 0.341 e. The SMILES string of the molecule is O=S1(=O)CCC(OCCC[Si](Cl)(Cl)Cl)C1. The number of rotatable bonds is 5. The maximum atomic E-state index is 11.1. The third-order valence-electron chi connectivity index (χ3n) is 2.15. The molecule has 0 aromatic carbocycles. The first-order valence-corrected chi connectivity index (χ1v) is 11.7. The molecule has 3 nitrogen and oxygen atoms in total. The largest absolute Gasteiger partial charge is 0.377 e. The van der Waals surface area contributed by atoms with Gasteiger partial charge in [0.25, 0.3) is 0 Å². The standard InChI is InChI=1S/C7H13Cl3O3SSi/c8-15(9,10)5-1-3-13-7-2-4-14(11,12)6-7/h7H,1-6H2. The first-order chi connectivity index (χ1) is 6.79.